The third-order valence-corrected chi connectivity index (χ3v) is 5.33. The number of halogens is 1. The lowest BCUT2D eigenvalue weighted by Gasteiger charge is -2.26. The summed E-state index contributed by atoms with van der Waals surface area (Å²) in [6, 6.07) is 5.77. The second kappa shape index (κ2) is 8.98. The maximum absolute atomic E-state index is 13.4. The third kappa shape index (κ3) is 5.40. The van der Waals surface area contributed by atoms with Gasteiger partial charge in [-0.15, -0.1) is 0 Å². The Morgan fingerprint density at radius 3 is 2.54 bits per heavy atom. The molecule has 0 amide bonds. The van der Waals surface area contributed by atoms with E-state index in [-0.39, 0.29) is 16.1 Å². The molecule has 2 aromatic rings. The molecule has 1 aromatic carbocycles. The number of carboxylic acids is 1. The number of aromatic nitrogens is 1. The second-order valence-electron chi connectivity index (χ2n) is 6.35. The standard InChI is InChI=1S/C18H23FN4O4S/c1-4-23(9-8-22(2)3)17-16(10-13(12-20-17)18(24)25)21-28(26,27)15-7-5-6-14(19)11-15/h5-7,10-12,21H,4,8-9H2,1-3H3,(H,24,25). The van der Waals surface area contributed by atoms with Gasteiger partial charge in [-0.3, -0.25) is 4.72 Å². The molecule has 0 atom stereocenters. The normalized spacial score (nSPS) is 11.5. The summed E-state index contributed by atoms with van der Waals surface area (Å²) in [5.41, 5.74) is -0.144. The number of likely N-dealkylation sites (N-methyl/N-ethyl adjacent to an activating group) is 2. The lowest BCUT2D eigenvalue weighted by Crippen LogP contribution is -2.33. The van der Waals surface area contributed by atoms with Crippen molar-refractivity contribution in [3.8, 4) is 0 Å². The van der Waals surface area contributed by atoms with E-state index in [0.717, 1.165) is 12.1 Å². The highest BCUT2D eigenvalue weighted by Gasteiger charge is 2.21. The zero-order valence-electron chi connectivity index (χ0n) is 15.9. The highest BCUT2D eigenvalue weighted by atomic mass is 32.2. The van der Waals surface area contributed by atoms with Gasteiger partial charge in [0, 0.05) is 25.8 Å². The van der Waals surface area contributed by atoms with Crippen molar-refractivity contribution < 1.29 is 22.7 Å². The summed E-state index contributed by atoms with van der Waals surface area (Å²) in [5, 5.41) is 9.24. The van der Waals surface area contributed by atoms with E-state index in [1.54, 1.807) is 0 Å². The van der Waals surface area contributed by atoms with Crippen molar-refractivity contribution in [3.05, 3.63) is 47.9 Å². The summed E-state index contributed by atoms with van der Waals surface area (Å²) in [5.74, 6) is -1.63. The molecule has 0 aliphatic carbocycles. The number of sulfonamides is 1. The summed E-state index contributed by atoms with van der Waals surface area (Å²) < 4.78 is 41.2. The van der Waals surface area contributed by atoms with E-state index in [2.05, 4.69) is 9.71 Å². The summed E-state index contributed by atoms with van der Waals surface area (Å²) in [4.78, 5) is 19.0. The van der Waals surface area contributed by atoms with Crippen LogP contribution in [0.5, 0.6) is 0 Å². The van der Waals surface area contributed by atoms with Crippen LogP contribution in [-0.2, 0) is 10.0 Å². The van der Waals surface area contributed by atoms with Crippen LogP contribution < -0.4 is 9.62 Å². The molecule has 1 aromatic heterocycles. The van der Waals surface area contributed by atoms with Crippen molar-refractivity contribution >= 4 is 27.5 Å². The number of anilines is 2. The summed E-state index contributed by atoms with van der Waals surface area (Å²) in [7, 11) is -0.324. The van der Waals surface area contributed by atoms with E-state index in [4.69, 9.17) is 0 Å². The monoisotopic (exact) mass is 410 g/mol. The van der Waals surface area contributed by atoms with Gasteiger partial charge in [0.25, 0.3) is 10.0 Å². The van der Waals surface area contributed by atoms with E-state index in [9.17, 15) is 22.7 Å². The fraction of sp³-hybridized carbons (Fsp3) is 0.333. The highest BCUT2D eigenvalue weighted by Crippen LogP contribution is 2.27. The number of hydrogen-bond acceptors (Lipinski definition) is 6. The van der Waals surface area contributed by atoms with Gasteiger partial charge in [-0.1, -0.05) is 6.07 Å². The molecule has 10 heteroatoms. The van der Waals surface area contributed by atoms with E-state index in [1.807, 2.05) is 30.8 Å². The highest BCUT2D eigenvalue weighted by molar-refractivity contribution is 7.92. The number of aromatic carboxylic acids is 1. The first-order valence-electron chi connectivity index (χ1n) is 8.55. The van der Waals surface area contributed by atoms with Crippen LogP contribution in [0.2, 0.25) is 0 Å². The van der Waals surface area contributed by atoms with Crippen LogP contribution >= 0.6 is 0 Å². The molecule has 0 aliphatic rings. The van der Waals surface area contributed by atoms with E-state index >= 15 is 0 Å². The molecule has 0 fully saturated rings. The molecule has 1 heterocycles. The molecule has 28 heavy (non-hydrogen) atoms. The van der Waals surface area contributed by atoms with E-state index in [0.29, 0.717) is 25.5 Å². The quantitative estimate of drug-likeness (QED) is 0.653. The lowest BCUT2D eigenvalue weighted by molar-refractivity contribution is 0.0696. The average molecular weight is 410 g/mol. The predicted molar refractivity (Wildman–Crippen MR) is 105 cm³/mol. The molecule has 0 unspecified atom stereocenters. The molecule has 0 bridgehead atoms. The van der Waals surface area contributed by atoms with Crippen LogP contribution in [0.25, 0.3) is 0 Å². The maximum atomic E-state index is 13.4. The maximum Gasteiger partial charge on any atom is 0.337 e. The van der Waals surface area contributed by atoms with Crippen molar-refractivity contribution in [2.45, 2.75) is 11.8 Å². The van der Waals surface area contributed by atoms with Gasteiger partial charge in [0.05, 0.1) is 16.1 Å². The zero-order chi connectivity index (χ0) is 20.9. The Morgan fingerprint density at radius 1 is 1.25 bits per heavy atom. The number of rotatable bonds is 9. The number of hydrogen-bond donors (Lipinski definition) is 2. The first-order chi connectivity index (χ1) is 13.1. The van der Waals surface area contributed by atoms with Gasteiger partial charge in [0.1, 0.15) is 5.82 Å². The van der Waals surface area contributed by atoms with Gasteiger partial charge >= 0.3 is 5.97 Å². The molecule has 0 saturated heterocycles. The second-order valence-corrected chi connectivity index (χ2v) is 8.03. The van der Waals surface area contributed by atoms with Crippen molar-refractivity contribution in [1.82, 2.24) is 9.88 Å². The topological polar surface area (TPSA) is 103 Å². The molecule has 8 nitrogen and oxygen atoms in total. The van der Waals surface area contributed by atoms with Gasteiger partial charge in [0.2, 0.25) is 0 Å². The predicted octanol–water partition coefficient (Wildman–Crippen LogP) is 2.11. The Bertz CT molecular complexity index is 950. The summed E-state index contributed by atoms with van der Waals surface area (Å²) in [6.07, 6.45) is 1.18. The number of nitrogens with zero attached hydrogens (tertiary/aromatic N) is 3. The average Bonchev–Trinajstić information content (AvgIpc) is 2.62. The Morgan fingerprint density at radius 2 is 1.96 bits per heavy atom. The molecule has 0 radical (unpaired) electrons. The number of carboxylic acid groups (broad SMARTS) is 1. The van der Waals surface area contributed by atoms with Crippen molar-refractivity contribution in [2.75, 3.05) is 43.4 Å². The van der Waals surface area contributed by atoms with Crippen molar-refractivity contribution in [1.29, 1.82) is 0 Å². The van der Waals surface area contributed by atoms with Gasteiger partial charge in [-0.25, -0.2) is 22.6 Å². The number of carbonyl (C=O) groups is 1. The van der Waals surface area contributed by atoms with Crippen molar-refractivity contribution in [3.63, 3.8) is 0 Å². The Labute approximate surface area is 163 Å². The van der Waals surface area contributed by atoms with Gasteiger partial charge in [-0.2, -0.15) is 0 Å². The SMILES string of the molecule is CCN(CCN(C)C)c1ncc(C(=O)O)cc1NS(=O)(=O)c1cccc(F)c1. The molecule has 0 aliphatic heterocycles. The van der Waals surface area contributed by atoms with Gasteiger partial charge < -0.3 is 14.9 Å². The van der Waals surface area contributed by atoms with Crippen LogP contribution in [0.15, 0.2) is 41.4 Å². The first kappa shape index (κ1) is 21.6. The fourth-order valence-corrected chi connectivity index (χ4v) is 3.56. The Balaban J connectivity index is 2.47. The van der Waals surface area contributed by atoms with Crippen LogP contribution in [-0.4, -0.2) is 63.1 Å². The smallest absolute Gasteiger partial charge is 0.337 e. The van der Waals surface area contributed by atoms with E-state index < -0.39 is 21.8 Å². The summed E-state index contributed by atoms with van der Waals surface area (Å²) >= 11 is 0. The van der Waals surface area contributed by atoms with Gasteiger partial charge in [0.15, 0.2) is 5.82 Å². The van der Waals surface area contributed by atoms with Crippen LogP contribution in [0.3, 0.4) is 0 Å². The minimum absolute atomic E-state index is 0.0183. The molecular weight excluding hydrogens is 387 g/mol. The van der Waals surface area contributed by atoms with Gasteiger partial charge in [-0.05, 0) is 45.3 Å². The number of benzene rings is 1. The molecule has 152 valence electrons. The molecule has 0 saturated carbocycles. The largest absolute Gasteiger partial charge is 0.478 e. The van der Waals surface area contributed by atoms with Crippen LogP contribution in [0, 0.1) is 5.82 Å². The first-order valence-corrected chi connectivity index (χ1v) is 10.0. The minimum atomic E-state index is -4.13. The summed E-state index contributed by atoms with van der Waals surface area (Å²) in [6.45, 7) is 3.65. The Hall–Kier alpha value is -2.72. The van der Waals surface area contributed by atoms with E-state index in [1.165, 1.54) is 24.4 Å². The molecule has 0 spiro atoms. The molecule has 2 N–H and O–H groups in total. The molecular formula is C18H23FN4O4S. The lowest BCUT2D eigenvalue weighted by atomic mass is 10.2. The minimum Gasteiger partial charge on any atom is -0.478 e. The number of nitrogens with one attached hydrogen (secondary N) is 1. The van der Waals surface area contributed by atoms with Crippen molar-refractivity contribution in [2.24, 2.45) is 0 Å². The van der Waals surface area contributed by atoms with Crippen LogP contribution in [0.1, 0.15) is 17.3 Å². The fourth-order valence-electron chi connectivity index (χ4n) is 2.47. The van der Waals surface area contributed by atoms with Crippen LogP contribution in [0.4, 0.5) is 15.9 Å². The Kier molecular flexibility index (Phi) is 6.92. The third-order valence-electron chi connectivity index (χ3n) is 3.96. The molecule has 2 rings (SSSR count). The number of pyridine rings is 1. The zero-order valence-corrected chi connectivity index (χ0v) is 16.7.